The number of nitrogens with zero attached hydrogens (tertiary/aromatic N) is 1. The van der Waals surface area contributed by atoms with Gasteiger partial charge < -0.3 is 15.1 Å². The van der Waals surface area contributed by atoms with Crippen molar-refractivity contribution in [1.82, 2.24) is 0 Å². The van der Waals surface area contributed by atoms with Crippen molar-refractivity contribution in [2.45, 2.75) is 19.3 Å². The highest BCUT2D eigenvalue weighted by molar-refractivity contribution is 5.60. The van der Waals surface area contributed by atoms with Crippen LogP contribution in [0.5, 0.6) is 11.5 Å². The van der Waals surface area contributed by atoms with Gasteiger partial charge in [0.1, 0.15) is 11.5 Å². The largest absolute Gasteiger partial charge is 0.508 e. The van der Waals surface area contributed by atoms with E-state index in [1.165, 1.54) is 11.6 Å². The number of phenols is 2. The fourth-order valence-corrected chi connectivity index (χ4v) is 3.09. The quantitative estimate of drug-likeness (QED) is 0.847. The Balaban J connectivity index is 1.61. The highest BCUT2D eigenvalue weighted by atomic mass is 16.3. The van der Waals surface area contributed by atoms with E-state index in [0.717, 1.165) is 38.0 Å². The van der Waals surface area contributed by atoms with Gasteiger partial charge in [0.25, 0.3) is 0 Å². The molecule has 0 unspecified atom stereocenters. The van der Waals surface area contributed by atoms with Gasteiger partial charge in [0.2, 0.25) is 0 Å². The maximum Gasteiger partial charge on any atom is 0.139 e. The zero-order valence-corrected chi connectivity index (χ0v) is 12.1. The zero-order chi connectivity index (χ0) is 14.7. The SMILES string of the molecule is Oc1ccc(O)c(N2CCC(Cc3ccccc3)CC2)c1. The van der Waals surface area contributed by atoms with Crippen molar-refractivity contribution in [3.63, 3.8) is 0 Å². The molecule has 3 heteroatoms. The van der Waals surface area contributed by atoms with Crippen molar-refractivity contribution in [3.05, 3.63) is 54.1 Å². The minimum absolute atomic E-state index is 0.203. The first-order valence-electron chi connectivity index (χ1n) is 7.53. The summed E-state index contributed by atoms with van der Waals surface area (Å²) in [4.78, 5) is 2.16. The molecule has 0 spiro atoms. The van der Waals surface area contributed by atoms with Crippen LogP contribution in [0.1, 0.15) is 18.4 Å². The first-order valence-corrected chi connectivity index (χ1v) is 7.53. The Labute approximate surface area is 125 Å². The van der Waals surface area contributed by atoms with E-state index in [0.29, 0.717) is 5.92 Å². The molecule has 1 heterocycles. The number of anilines is 1. The molecule has 0 amide bonds. The lowest BCUT2D eigenvalue weighted by Gasteiger charge is -2.34. The maximum atomic E-state index is 9.94. The molecule has 1 fully saturated rings. The van der Waals surface area contributed by atoms with Crippen LogP contribution in [0, 0.1) is 5.92 Å². The lowest BCUT2D eigenvalue weighted by molar-refractivity contribution is 0.397. The number of hydrogen-bond donors (Lipinski definition) is 2. The number of aromatic hydroxyl groups is 2. The lowest BCUT2D eigenvalue weighted by Crippen LogP contribution is -2.34. The summed E-state index contributed by atoms with van der Waals surface area (Å²) < 4.78 is 0. The van der Waals surface area contributed by atoms with E-state index in [1.807, 2.05) is 0 Å². The number of piperidine rings is 1. The molecule has 3 nitrogen and oxygen atoms in total. The third-order valence-corrected chi connectivity index (χ3v) is 4.28. The molecule has 2 aromatic rings. The number of benzene rings is 2. The van der Waals surface area contributed by atoms with Crippen molar-refractivity contribution in [1.29, 1.82) is 0 Å². The van der Waals surface area contributed by atoms with E-state index in [2.05, 4.69) is 35.2 Å². The summed E-state index contributed by atoms with van der Waals surface area (Å²) in [6, 6.07) is 15.3. The highest BCUT2D eigenvalue weighted by Gasteiger charge is 2.21. The van der Waals surface area contributed by atoms with Gasteiger partial charge >= 0.3 is 0 Å². The minimum atomic E-state index is 0.203. The van der Waals surface area contributed by atoms with Gasteiger partial charge in [0, 0.05) is 19.2 Å². The molecule has 0 aliphatic carbocycles. The first-order chi connectivity index (χ1) is 10.2. The predicted octanol–water partition coefficient (Wildman–Crippen LogP) is 3.56. The molecule has 110 valence electrons. The van der Waals surface area contributed by atoms with Gasteiger partial charge in [-0.2, -0.15) is 0 Å². The molecule has 0 aromatic heterocycles. The van der Waals surface area contributed by atoms with E-state index in [-0.39, 0.29) is 11.5 Å². The van der Waals surface area contributed by atoms with Crippen LogP contribution < -0.4 is 4.90 Å². The summed E-state index contributed by atoms with van der Waals surface area (Å²) in [6.07, 6.45) is 3.36. The second-order valence-electron chi connectivity index (χ2n) is 5.79. The third-order valence-electron chi connectivity index (χ3n) is 4.28. The van der Waals surface area contributed by atoms with E-state index in [4.69, 9.17) is 0 Å². The van der Waals surface area contributed by atoms with E-state index in [1.54, 1.807) is 12.1 Å². The predicted molar refractivity (Wildman–Crippen MR) is 84.9 cm³/mol. The van der Waals surface area contributed by atoms with Crippen molar-refractivity contribution in [2.75, 3.05) is 18.0 Å². The summed E-state index contributed by atoms with van der Waals surface area (Å²) >= 11 is 0. The summed E-state index contributed by atoms with van der Waals surface area (Å²) in [5.41, 5.74) is 2.14. The van der Waals surface area contributed by atoms with Crippen LogP contribution in [0.2, 0.25) is 0 Å². The Kier molecular flexibility index (Phi) is 4.00. The molecule has 1 saturated heterocycles. The average molecular weight is 283 g/mol. The second-order valence-corrected chi connectivity index (χ2v) is 5.79. The molecule has 1 aliphatic heterocycles. The molecule has 0 saturated carbocycles. The molecule has 3 rings (SSSR count). The summed E-state index contributed by atoms with van der Waals surface area (Å²) in [6.45, 7) is 1.85. The van der Waals surface area contributed by atoms with E-state index in [9.17, 15) is 10.2 Å². The monoisotopic (exact) mass is 283 g/mol. The number of rotatable bonds is 3. The second kappa shape index (κ2) is 6.08. The summed E-state index contributed by atoms with van der Waals surface area (Å²) in [5, 5.41) is 19.5. The molecule has 0 radical (unpaired) electrons. The van der Waals surface area contributed by atoms with Crippen molar-refractivity contribution < 1.29 is 10.2 Å². The van der Waals surface area contributed by atoms with Gasteiger partial charge in [-0.25, -0.2) is 0 Å². The van der Waals surface area contributed by atoms with E-state index < -0.39 is 0 Å². The minimum Gasteiger partial charge on any atom is -0.508 e. The standard InChI is InChI=1S/C18H21NO2/c20-16-6-7-18(21)17(13-16)19-10-8-15(9-11-19)12-14-4-2-1-3-5-14/h1-7,13,15,20-21H,8-12H2. The highest BCUT2D eigenvalue weighted by Crippen LogP contribution is 2.34. The zero-order valence-electron chi connectivity index (χ0n) is 12.1. The van der Waals surface area contributed by atoms with Crippen LogP contribution >= 0.6 is 0 Å². The van der Waals surface area contributed by atoms with Crippen LogP contribution in [0.25, 0.3) is 0 Å². The van der Waals surface area contributed by atoms with Gasteiger partial charge in [0.15, 0.2) is 0 Å². The summed E-state index contributed by atoms with van der Waals surface area (Å²) in [5.74, 6) is 1.15. The van der Waals surface area contributed by atoms with Crippen LogP contribution in [0.15, 0.2) is 48.5 Å². The molecule has 1 aliphatic rings. The Morgan fingerprint density at radius 2 is 1.67 bits per heavy atom. The first kappa shape index (κ1) is 13.8. The molecular formula is C18H21NO2. The fraction of sp³-hybridized carbons (Fsp3) is 0.333. The van der Waals surface area contributed by atoms with Crippen molar-refractivity contribution in [3.8, 4) is 11.5 Å². The van der Waals surface area contributed by atoms with Crippen molar-refractivity contribution in [2.24, 2.45) is 5.92 Å². The topological polar surface area (TPSA) is 43.7 Å². The Bertz CT molecular complexity index is 589. The third kappa shape index (κ3) is 3.30. The van der Waals surface area contributed by atoms with Gasteiger partial charge in [-0.3, -0.25) is 0 Å². The van der Waals surface area contributed by atoms with Crippen LogP contribution in [0.4, 0.5) is 5.69 Å². The number of phenolic OH excluding ortho intramolecular Hbond substituents is 2. The maximum absolute atomic E-state index is 9.94. The Morgan fingerprint density at radius 1 is 0.952 bits per heavy atom. The van der Waals surface area contributed by atoms with Gasteiger partial charge in [-0.15, -0.1) is 0 Å². The smallest absolute Gasteiger partial charge is 0.139 e. The fourth-order valence-electron chi connectivity index (χ4n) is 3.09. The van der Waals surface area contributed by atoms with E-state index >= 15 is 0 Å². The van der Waals surface area contributed by atoms with Crippen molar-refractivity contribution >= 4 is 5.69 Å². The van der Waals surface area contributed by atoms with Gasteiger partial charge in [-0.05, 0) is 42.9 Å². The molecule has 2 aromatic carbocycles. The van der Waals surface area contributed by atoms with Crippen LogP contribution in [-0.4, -0.2) is 23.3 Å². The lowest BCUT2D eigenvalue weighted by atomic mass is 9.90. The molecule has 0 bridgehead atoms. The van der Waals surface area contributed by atoms with Gasteiger partial charge in [0.05, 0.1) is 5.69 Å². The molecule has 0 atom stereocenters. The summed E-state index contributed by atoms with van der Waals surface area (Å²) in [7, 11) is 0. The molecular weight excluding hydrogens is 262 g/mol. The molecule has 21 heavy (non-hydrogen) atoms. The van der Waals surface area contributed by atoms with Crippen LogP contribution in [-0.2, 0) is 6.42 Å². The van der Waals surface area contributed by atoms with Crippen LogP contribution in [0.3, 0.4) is 0 Å². The van der Waals surface area contributed by atoms with Gasteiger partial charge in [-0.1, -0.05) is 30.3 Å². The Hall–Kier alpha value is -2.16. The average Bonchev–Trinajstić information content (AvgIpc) is 2.52. The molecule has 2 N–H and O–H groups in total. The number of hydrogen-bond acceptors (Lipinski definition) is 3. The Morgan fingerprint density at radius 3 is 2.38 bits per heavy atom. The normalized spacial score (nSPS) is 16.1.